The number of hydrogen-bond donors (Lipinski definition) is 2. The Balaban J connectivity index is 2.44. The van der Waals surface area contributed by atoms with E-state index in [-0.39, 0.29) is 0 Å². The van der Waals surface area contributed by atoms with Gasteiger partial charge in [-0.3, -0.25) is 4.98 Å². The van der Waals surface area contributed by atoms with Crippen LogP contribution in [0.25, 0.3) is 0 Å². The monoisotopic (exact) mass is 239 g/mol. The van der Waals surface area contributed by atoms with Crippen LogP contribution < -0.4 is 11.1 Å². The molecule has 1 heterocycles. The lowest BCUT2D eigenvalue weighted by molar-refractivity contribution is 0.147. The molecule has 0 saturated carbocycles. The van der Waals surface area contributed by atoms with Crippen molar-refractivity contribution >= 4 is 22.9 Å². The number of thiocarbonyl (C=S) groups is 1. The number of nitrogens with one attached hydrogen (secondary N) is 1. The Morgan fingerprint density at radius 2 is 2.44 bits per heavy atom. The third-order valence-corrected chi connectivity index (χ3v) is 2.29. The van der Waals surface area contributed by atoms with Crippen molar-refractivity contribution < 1.29 is 4.74 Å². The van der Waals surface area contributed by atoms with Crippen LogP contribution in [0.1, 0.15) is 18.9 Å². The van der Waals surface area contributed by atoms with Gasteiger partial charge in [0.1, 0.15) is 4.99 Å². The second kappa shape index (κ2) is 7.14. The minimum Gasteiger partial charge on any atom is -0.389 e. The molecule has 0 atom stereocenters. The van der Waals surface area contributed by atoms with Crippen LogP contribution in [0, 0.1) is 0 Å². The molecule has 0 aliphatic rings. The smallest absolute Gasteiger partial charge is 0.106 e. The summed E-state index contributed by atoms with van der Waals surface area (Å²) in [4.78, 5) is 4.42. The fraction of sp³-hybridized carbons (Fsp3) is 0.455. The van der Waals surface area contributed by atoms with Crippen molar-refractivity contribution in [2.75, 3.05) is 25.1 Å². The van der Waals surface area contributed by atoms with Gasteiger partial charge in [0.2, 0.25) is 0 Å². The van der Waals surface area contributed by atoms with E-state index in [1.54, 1.807) is 12.4 Å². The van der Waals surface area contributed by atoms with Crippen LogP contribution in [0.15, 0.2) is 18.5 Å². The van der Waals surface area contributed by atoms with Crippen LogP contribution in [0.5, 0.6) is 0 Å². The topological polar surface area (TPSA) is 60.2 Å². The van der Waals surface area contributed by atoms with Crippen molar-refractivity contribution in [3.8, 4) is 0 Å². The van der Waals surface area contributed by atoms with Crippen molar-refractivity contribution in [1.82, 2.24) is 4.98 Å². The molecule has 0 spiro atoms. The van der Waals surface area contributed by atoms with Crippen molar-refractivity contribution in [2.24, 2.45) is 5.73 Å². The molecular weight excluding hydrogens is 222 g/mol. The van der Waals surface area contributed by atoms with E-state index in [9.17, 15) is 0 Å². The number of anilines is 1. The van der Waals surface area contributed by atoms with Crippen molar-refractivity contribution in [3.05, 3.63) is 24.0 Å². The Hall–Kier alpha value is -1.20. The van der Waals surface area contributed by atoms with E-state index < -0.39 is 0 Å². The van der Waals surface area contributed by atoms with E-state index in [0.29, 0.717) is 4.99 Å². The molecule has 0 radical (unpaired) electrons. The van der Waals surface area contributed by atoms with Crippen LogP contribution in [0.4, 0.5) is 5.69 Å². The molecule has 0 unspecified atom stereocenters. The van der Waals surface area contributed by atoms with Gasteiger partial charge >= 0.3 is 0 Å². The van der Waals surface area contributed by atoms with Gasteiger partial charge in [-0.25, -0.2) is 0 Å². The molecular formula is C11H17N3OS. The van der Waals surface area contributed by atoms with Crippen molar-refractivity contribution in [1.29, 1.82) is 0 Å². The van der Waals surface area contributed by atoms with Gasteiger partial charge in [-0.2, -0.15) is 0 Å². The maximum absolute atomic E-state index is 5.61. The maximum atomic E-state index is 5.61. The highest BCUT2D eigenvalue weighted by molar-refractivity contribution is 7.80. The first-order valence-electron chi connectivity index (χ1n) is 5.31. The van der Waals surface area contributed by atoms with Gasteiger partial charge in [0.25, 0.3) is 0 Å². The first kappa shape index (κ1) is 12.9. The lowest BCUT2D eigenvalue weighted by Gasteiger charge is -2.10. The van der Waals surface area contributed by atoms with E-state index in [2.05, 4.69) is 10.3 Å². The minimum absolute atomic E-state index is 0.384. The fourth-order valence-electron chi connectivity index (χ4n) is 1.29. The van der Waals surface area contributed by atoms with Gasteiger partial charge < -0.3 is 15.8 Å². The number of pyridine rings is 1. The number of aromatic nitrogens is 1. The molecule has 0 amide bonds. The summed E-state index contributed by atoms with van der Waals surface area (Å²) in [5, 5.41) is 3.24. The summed E-state index contributed by atoms with van der Waals surface area (Å²) < 4.78 is 5.24. The van der Waals surface area contributed by atoms with Gasteiger partial charge in [-0.05, 0) is 19.4 Å². The quantitative estimate of drug-likeness (QED) is 0.558. The first-order chi connectivity index (χ1) is 7.75. The van der Waals surface area contributed by atoms with Crippen LogP contribution in [-0.2, 0) is 4.74 Å². The van der Waals surface area contributed by atoms with E-state index in [4.69, 9.17) is 22.7 Å². The Kier molecular flexibility index (Phi) is 5.74. The summed E-state index contributed by atoms with van der Waals surface area (Å²) in [6, 6.07) is 1.81. The molecule has 1 aromatic heterocycles. The fourth-order valence-corrected chi connectivity index (χ4v) is 1.47. The summed E-state index contributed by atoms with van der Waals surface area (Å²) >= 11 is 4.96. The second-order valence-electron chi connectivity index (χ2n) is 3.26. The Bertz CT molecular complexity index is 344. The Morgan fingerprint density at radius 1 is 1.62 bits per heavy atom. The number of hydrogen-bond acceptors (Lipinski definition) is 4. The standard InChI is InChI=1S/C11H17N3OS/c1-2-15-7-3-5-14-10-8-13-6-4-9(10)11(12)16/h4,6,8,14H,2-3,5,7H2,1H3,(H2,12,16). The molecule has 0 saturated heterocycles. The number of ether oxygens (including phenoxy) is 1. The summed E-state index contributed by atoms with van der Waals surface area (Å²) in [5.41, 5.74) is 7.32. The largest absolute Gasteiger partial charge is 0.389 e. The van der Waals surface area contributed by atoms with Gasteiger partial charge in [-0.1, -0.05) is 12.2 Å². The molecule has 88 valence electrons. The first-order valence-corrected chi connectivity index (χ1v) is 5.72. The molecule has 3 N–H and O–H groups in total. The van der Waals surface area contributed by atoms with Crippen molar-refractivity contribution in [3.63, 3.8) is 0 Å². The molecule has 5 heteroatoms. The zero-order valence-electron chi connectivity index (χ0n) is 9.40. The molecule has 16 heavy (non-hydrogen) atoms. The van der Waals surface area contributed by atoms with Crippen LogP contribution in [0.2, 0.25) is 0 Å². The molecule has 0 bridgehead atoms. The predicted octanol–water partition coefficient (Wildman–Crippen LogP) is 1.55. The lowest BCUT2D eigenvalue weighted by atomic mass is 10.2. The van der Waals surface area contributed by atoms with Gasteiger partial charge in [-0.15, -0.1) is 0 Å². The van der Waals surface area contributed by atoms with Crippen LogP contribution in [-0.4, -0.2) is 29.7 Å². The predicted molar refractivity (Wildman–Crippen MR) is 69.7 cm³/mol. The molecule has 0 aliphatic carbocycles. The van der Waals surface area contributed by atoms with Gasteiger partial charge in [0.15, 0.2) is 0 Å². The third-order valence-electron chi connectivity index (χ3n) is 2.07. The molecule has 0 fully saturated rings. The highest BCUT2D eigenvalue weighted by atomic mass is 32.1. The molecule has 0 aliphatic heterocycles. The average Bonchev–Trinajstić information content (AvgIpc) is 2.29. The Labute approximate surface area is 101 Å². The van der Waals surface area contributed by atoms with E-state index in [1.807, 2.05) is 13.0 Å². The summed E-state index contributed by atoms with van der Waals surface area (Å²) in [6.45, 7) is 4.32. The third kappa shape index (κ3) is 4.12. The van der Waals surface area contributed by atoms with Gasteiger partial charge in [0, 0.05) is 31.5 Å². The average molecular weight is 239 g/mol. The van der Waals surface area contributed by atoms with Crippen LogP contribution in [0.3, 0.4) is 0 Å². The highest BCUT2D eigenvalue weighted by Gasteiger charge is 2.03. The Morgan fingerprint density at radius 3 is 3.12 bits per heavy atom. The summed E-state index contributed by atoms with van der Waals surface area (Å²) in [6.07, 6.45) is 4.36. The second-order valence-corrected chi connectivity index (χ2v) is 3.70. The molecule has 4 nitrogen and oxygen atoms in total. The van der Waals surface area contributed by atoms with E-state index in [0.717, 1.165) is 37.4 Å². The maximum Gasteiger partial charge on any atom is 0.106 e. The summed E-state index contributed by atoms with van der Waals surface area (Å²) in [5.74, 6) is 0. The molecule has 1 rings (SSSR count). The number of nitrogens with two attached hydrogens (primary N) is 1. The summed E-state index contributed by atoms with van der Waals surface area (Å²) in [7, 11) is 0. The number of rotatable bonds is 7. The number of nitrogens with zero attached hydrogens (tertiary/aromatic N) is 1. The van der Waals surface area contributed by atoms with E-state index >= 15 is 0 Å². The van der Waals surface area contributed by atoms with Crippen LogP contribution >= 0.6 is 12.2 Å². The van der Waals surface area contributed by atoms with Gasteiger partial charge in [0.05, 0.1) is 11.9 Å². The SMILES string of the molecule is CCOCCCNc1cnccc1C(N)=S. The van der Waals surface area contributed by atoms with Crippen molar-refractivity contribution in [2.45, 2.75) is 13.3 Å². The normalized spacial score (nSPS) is 10.1. The van der Waals surface area contributed by atoms with E-state index in [1.165, 1.54) is 0 Å². The molecule has 0 aromatic carbocycles. The zero-order chi connectivity index (χ0) is 11.8. The highest BCUT2D eigenvalue weighted by Crippen LogP contribution is 2.12. The lowest BCUT2D eigenvalue weighted by Crippen LogP contribution is -2.14. The zero-order valence-corrected chi connectivity index (χ0v) is 10.2. The molecule has 1 aromatic rings. The minimum atomic E-state index is 0.384.